The van der Waals surface area contributed by atoms with Gasteiger partial charge in [0.15, 0.2) is 0 Å². The van der Waals surface area contributed by atoms with Gasteiger partial charge in [0.2, 0.25) is 0 Å². The molecule has 0 spiro atoms. The summed E-state index contributed by atoms with van der Waals surface area (Å²) in [5.74, 6) is -0.987. The van der Waals surface area contributed by atoms with Crippen LogP contribution in [-0.4, -0.2) is 36.1 Å². The summed E-state index contributed by atoms with van der Waals surface area (Å²) < 4.78 is 26.2. The van der Waals surface area contributed by atoms with Crippen LogP contribution in [0.5, 0.6) is 0 Å². The number of hydrogen-bond donors (Lipinski definition) is 2. The van der Waals surface area contributed by atoms with Crippen molar-refractivity contribution in [2.75, 3.05) is 13.2 Å². The monoisotopic (exact) mass is 403 g/mol. The van der Waals surface area contributed by atoms with Gasteiger partial charge in [-0.15, -0.1) is 0 Å². The Labute approximate surface area is 149 Å². The summed E-state index contributed by atoms with van der Waals surface area (Å²) >= 11 is 3.33. The molecule has 7 heteroatoms. The highest BCUT2D eigenvalue weighted by molar-refractivity contribution is 9.10. The second-order valence-electron chi connectivity index (χ2n) is 7.03. The molecule has 1 saturated heterocycles. The van der Waals surface area contributed by atoms with E-state index in [9.17, 15) is 14.3 Å². The number of aliphatic hydroxyl groups is 1. The molecule has 5 nitrogen and oxygen atoms in total. The largest absolute Gasteiger partial charge is 0.444 e. The van der Waals surface area contributed by atoms with E-state index in [0.29, 0.717) is 4.47 Å². The summed E-state index contributed by atoms with van der Waals surface area (Å²) in [6.45, 7) is 6.81. The Morgan fingerprint density at radius 1 is 1.54 bits per heavy atom. The second kappa shape index (κ2) is 6.98. The summed E-state index contributed by atoms with van der Waals surface area (Å²) in [6, 6.07) is 4.49. The van der Waals surface area contributed by atoms with Crippen molar-refractivity contribution in [2.45, 2.75) is 44.9 Å². The molecule has 1 aliphatic rings. The van der Waals surface area contributed by atoms with Crippen molar-refractivity contribution in [3.63, 3.8) is 0 Å². The van der Waals surface area contributed by atoms with Crippen molar-refractivity contribution in [2.24, 2.45) is 5.92 Å². The molecule has 0 aliphatic carbocycles. The topological polar surface area (TPSA) is 67.8 Å². The van der Waals surface area contributed by atoms with Crippen molar-refractivity contribution in [3.05, 3.63) is 34.1 Å². The molecule has 0 radical (unpaired) electrons. The third-order valence-electron chi connectivity index (χ3n) is 4.10. The van der Waals surface area contributed by atoms with E-state index >= 15 is 0 Å². The summed E-state index contributed by atoms with van der Waals surface area (Å²) in [5, 5.41) is 12.6. The Kier molecular flexibility index (Phi) is 5.57. The van der Waals surface area contributed by atoms with E-state index in [4.69, 9.17) is 9.47 Å². The number of benzene rings is 1. The molecule has 1 aromatic rings. The van der Waals surface area contributed by atoms with E-state index in [-0.39, 0.29) is 24.9 Å². The first-order chi connectivity index (χ1) is 11.1. The smallest absolute Gasteiger partial charge is 0.408 e. The number of ether oxygens (including phenoxy) is 2. The van der Waals surface area contributed by atoms with Gasteiger partial charge in [-0.05, 0) is 45.9 Å². The zero-order valence-corrected chi connectivity index (χ0v) is 15.8. The summed E-state index contributed by atoms with van der Waals surface area (Å²) in [5.41, 5.74) is -1.64. The molecule has 1 aromatic carbocycles. The van der Waals surface area contributed by atoms with Gasteiger partial charge in [0.1, 0.15) is 17.0 Å². The number of amides is 1. The van der Waals surface area contributed by atoms with Crippen LogP contribution >= 0.6 is 15.9 Å². The Balaban J connectivity index is 2.47. The Morgan fingerprint density at radius 3 is 2.79 bits per heavy atom. The zero-order chi connectivity index (χ0) is 18.1. The van der Waals surface area contributed by atoms with Gasteiger partial charge < -0.3 is 19.9 Å². The van der Waals surface area contributed by atoms with Gasteiger partial charge in [0, 0.05) is 16.0 Å². The van der Waals surface area contributed by atoms with Crippen LogP contribution in [0.4, 0.5) is 9.18 Å². The molecule has 0 unspecified atom stereocenters. The molecular formula is C17H23BrFNO4. The van der Waals surface area contributed by atoms with Crippen molar-refractivity contribution in [3.8, 4) is 0 Å². The lowest BCUT2D eigenvalue weighted by Crippen LogP contribution is -2.54. The Morgan fingerprint density at radius 2 is 2.21 bits per heavy atom. The average molecular weight is 404 g/mol. The molecule has 0 bridgehead atoms. The SMILES string of the molecule is C[C@H]1OC[C@@](NC(=O)OC(C)(C)C)(c2cc(Br)ccc2F)[C@@H]1CO. The number of carbonyl (C=O) groups excluding carboxylic acids is 1. The predicted octanol–water partition coefficient (Wildman–Crippen LogP) is 3.34. The second-order valence-corrected chi connectivity index (χ2v) is 7.94. The fourth-order valence-corrected chi connectivity index (χ4v) is 3.35. The maximum absolute atomic E-state index is 14.5. The van der Waals surface area contributed by atoms with Crippen molar-refractivity contribution in [1.82, 2.24) is 5.32 Å². The van der Waals surface area contributed by atoms with Gasteiger partial charge in [-0.25, -0.2) is 9.18 Å². The fourth-order valence-electron chi connectivity index (χ4n) is 2.99. The highest BCUT2D eigenvalue weighted by Gasteiger charge is 2.52. The highest BCUT2D eigenvalue weighted by Crippen LogP contribution is 2.41. The molecule has 0 saturated carbocycles. The lowest BCUT2D eigenvalue weighted by molar-refractivity contribution is 0.0390. The van der Waals surface area contributed by atoms with Gasteiger partial charge >= 0.3 is 6.09 Å². The minimum atomic E-state index is -1.20. The Bertz CT molecular complexity index is 619. The summed E-state index contributed by atoms with van der Waals surface area (Å²) in [7, 11) is 0. The molecule has 1 aliphatic heterocycles. The molecule has 2 rings (SSSR count). The number of hydrogen-bond acceptors (Lipinski definition) is 4. The third-order valence-corrected chi connectivity index (χ3v) is 4.60. The van der Waals surface area contributed by atoms with Crippen molar-refractivity contribution < 1.29 is 23.8 Å². The van der Waals surface area contributed by atoms with Crippen LogP contribution in [0.2, 0.25) is 0 Å². The van der Waals surface area contributed by atoms with E-state index in [1.165, 1.54) is 6.07 Å². The van der Waals surface area contributed by atoms with Crippen molar-refractivity contribution >= 4 is 22.0 Å². The van der Waals surface area contributed by atoms with Crippen LogP contribution < -0.4 is 5.32 Å². The van der Waals surface area contributed by atoms with Crippen LogP contribution in [0.3, 0.4) is 0 Å². The van der Waals surface area contributed by atoms with Crippen LogP contribution in [0, 0.1) is 11.7 Å². The van der Waals surface area contributed by atoms with Gasteiger partial charge in [-0.2, -0.15) is 0 Å². The van der Waals surface area contributed by atoms with E-state index in [2.05, 4.69) is 21.2 Å². The van der Waals surface area contributed by atoms with Crippen LogP contribution in [0.15, 0.2) is 22.7 Å². The summed E-state index contributed by atoms with van der Waals surface area (Å²) in [6.07, 6.45) is -1.03. The normalized spacial score (nSPS) is 27.1. The maximum Gasteiger partial charge on any atom is 0.408 e. The molecule has 0 aromatic heterocycles. The van der Waals surface area contributed by atoms with Crippen LogP contribution in [-0.2, 0) is 15.0 Å². The zero-order valence-electron chi connectivity index (χ0n) is 14.2. The quantitative estimate of drug-likeness (QED) is 0.811. The first kappa shape index (κ1) is 19.1. The number of carbonyl (C=O) groups is 1. The molecule has 134 valence electrons. The van der Waals surface area contributed by atoms with E-state index in [1.807, 2.05) is 0 Å². The van der Waals surface area contributed by atoms with E-state index < -0.39 is 29.0 Å². The van der Waals surface area contributed by atoms with E-state index in [0.717, 1.165) is 0 Å². The molecule has 1 amide bonds. The van der Waals surface area contributed by atoms with Gasteiger partial charge in [0.25, 0.3) is 0 Å². The Hall–Kier alpha value is -1.18. The standard InChI is InChI=1S/C17H23BrFNO4/c1-10-13(8-21)17(9-23-10,20-15(22)24-16(2,3)4)12-7-11(18)5-6-14(12)19/h5-7,10,13,21H,8-9H2,1-4H3,(H,20,22)/t10-,13-,17-/m1/s1. The molecule has 3 atom stereocenters. The molecule has 1 fully saturated rings. The maximum atomic E-state index is 14.5. The number of aliphatic hydroxyl groups excluding tert-OH is 1. The third kappa shape index (κ3) is 3.90. The number of rotatable bonds is 3. The van der Waals surface area contributed by atoms with Crippen LogP contribution in [0.1, 0.15) is 33.3 Å². The first-order valence-corrected chi connectivity index (χ1v) is 8.57. The van der Waals surface area contributed by atoms with Gasteiger partial charge in [-0.1, -0.05) is 15.9 Å². The van der Waals surface area contributed by atoms with Crippen LogP contribution in [0.25, 0.3) is 0 Å². The van der Waals surface area contributed by atoms with E-state index in [1.54, 1.807) is 39.8 Å². The average Bonchev–Trinajstić information content (AvgIpc) is 2.76. The summed E-state index contributed by atoms with van der Waals surface area (Å²) in [4.78, 5) is 12.4. The van der Waals surface area contributed by atoms with Crippen molar-refractivity contribution in [1.29, 1.82) is 0 Å². The minimum Gasteiger partial charge on any atom is -0.444 e. The highest BCUT2D eigenvalue weighted by atomic mass is 79.9. The minimum absolute atomic E-state index is 0.0476. The first-order valence-electron chi connectivity index (χ1n) is 7.78. The van der Waals surface area contributed by atoms with Gasteiger partial charge in [-0.3, -0.25) is 0 Å². The number of nitrogens with one attached hydrogen (secondary N) is 1. The van der Waals surface area contributed by atoms with Gasteiger partial charge in [0.05, 0.1) is 19.3 Å². The fraction of sp³-hybridized carbons (Fsp3) is 0.588. The molecular weight excluding hydrogens is 381 g/mol. The molecule has 24 heavy (non-hydrogen) atoms. The number of alkyl carbamates (subject to hydrolysis) is 1. The molecule has 2 N–H and O–H groups in total. The lowest BCUT2D eigenvalue weighted by Gasteiger charge is -2.36. The number of halogens is 2. The lowest BCUT2D eigenvalue weighted by atomic mass is 9.78. The molecule has 1 heterocycles. The predicted molar refractivity (Wildman–Crippen MR) is 91.1 cm³/mol.